The summed E-state index contributed by atoms with van der Waals surface area (Å²) < 4.78 is 0. The highest BCUT2D eigenvalue weighted by Crippen LogP contribution is 2.27. The van der Waals surface area contributed by atoms with Gasteiger partial charge in [-0.2, -0.15) is 0 Å². The van der Waals surface area contributed by atoms with Crippen molar-refractivity contribution in [3.63, 3.8) is 0 Å². The summed E-state index contributed by atoms with van der Waals surface area (Å²) in [5.41, 5.74) is 6.31. The minimum Gasteiger partial charge on any atom is -0.347 e. The third kappa shape index (κ3) is 3.31. The van der Waals surface area contributed by atoms with Gasteiger partial charge in [0.15, 0.2) is 5.11 Å². The standard InChI is InChI=1S/C11H13ClN4O2S/c12-9-5-8(16(17)18)1-2-10(9)14-11(19)15-4-3-7(13)6-15/h1-2,5,7H,3-4,6,13H2,(H,14,19). The van der Waals surface area contributed by atoms with E-state index < -0.39 is 4.92 Å². The largest absolute Gasteiger partial charge is 0.347 e. The van der Waals surface area contributed by atoms with Gasteiger partial charge in [-0.25, -0.2) is 0 Å². The number of hydrogen-bond acceptors (Lipinski definition) is 4. The van der Waals surface area contributed by atoms with Crippen LogP contribution in [0.2, 0.25) is 5.02 Å². The molecule has 1 aromatic carbocycles. The van der Waals surface area contributed by atoms with Gasteiger partial charge in [-0.3, -0.25) is 10.1 Å². The average molecular weight is 301 g/mol. The number of hydrogen-bond donors (Lipinski definition) is 2. The Bertz CT molecular complexity index is 525. The second-order valence-electron chi connectivity index (χ2n) is 4.35. The number of anilines is 1. The summed E-state index contributed by atoms with van der Waals surface area (Å²) in [4.78, 5) is 12.1. The number of nitro groups is 1. The lowest BCUT2D eigenvalue weighted by Crippen LogP contribution is -2.35. The summed E-state index contributed by atoms with van der Waals surface area (Å²) in [6.45, 7) is 1.51. The highest BCUT2D eigenvalue weighted by Gasteiger charge is 2.21. The molecule has 0 spiro atoms. The Hall–Kier alpha value is -1.44. The molecule has 1 fully saturated rings. The Labute approximate surface area is 120 Å². The van der Waals surface area contributed by atoms with E-state index in [0.29, 0.717) is 17.3 Å². The first-order valence-corrected chi connectivity index (χ1v) is 6.51. The lowest BCUT2D eigenvalue weighted by Gasteiger charge is -2.20. The van der Waals surface area contributed by atoms with Crippen molar-refractivity contribution >= 4 is 40.3 Å². The van der Waals surface area contributed by atoms with E-state index in [1.807, 2.05) is 4.90 Å². The highest BCUT2D eigenvalue weighted by molar-refractivity contribution is 7.80. The van der Waals surface area contributed by atoms with Crippen molar-refractivity contribution in [3.8, 4) is 0 Å². The minimum atomic E-state index is -0.493. The number of nitro benzene ring substituents is 1. The van der Waals surface area contributed by atoms with Gasteiger partial charge < -0.3 is 16.0 Å². The number of nitrogens with two attached hydrogens (primary N) is 1. The molecule has 1 atom stereocenters. The predicted octanol–water partition coefficient (Wildman–Crippen LogP) is 1.98. The van der Waals surface area contributed by atoms with Gasteiger partial charge in [0.2, 0.25) is 0 Å². The number of halogens is 1. The number of thiocarbonyl (C=S) groups is 1. The first-order valence-electron chi connectivity index (χ1n) is 5.73. The van der Waals surface area contributed by atoms with E-state index in [1.165, 1.54) is 12.1 Å². The van der Waals surface area contributed by atoms with Gasteiger partial charge in [0.1, 0.15) is 0 Å². The number of likely N-dealkylation sites (tertiary alicyclic amines) is 1. The van der Waals surface area contributed by atoms with Gasteiger partial charge in [0, 0.05) is 31.3 Å². The molecule has 0 radical (unpaired) electrons. The van der Waals surface area contributed by atoms with E-state index >= 15 is 0 Å². The third-order valence-electron chi connectivity index (χ3n) is 2.92. The lowest BCUT2D eigenvalue weighted by atomic mass is 10.3. The molecule has 1 unspecified atom stereocenters. The molecule has 0 amide bonds. The fourth-order valence-corrected chi connectivity index (χ4v) is 2.38. The van der Waals surface area contributed by atoms with Crippen LogP contribution in [-0.2, 0) is 0 Å². The Morgan fingerprint density at radius 2 is 2.37 bits per heavy atom. The molecule has 1 aliphatic heterocycles. The summed E-state index contributed by atoms with van der Waals surface area (Å²) >= 11 is 11.2. The molecule has 102 valence electrons. The third-order valence-corrected chi connectivity index (χ3v) is 3.59. The molecule has 0 aliphatic carbocycles. The van der Waals surface area contributed by atoms with Crippen molar-refractivity contribution < 1.29 is 4.92 Å². The Morgan fingerprint density at radius 3 is 2.89 bits per heavy atom. The van der Waals surface area contributed by atoms with Crippen LogP contribution in [-0.4, -0.2) is 34.1 Å². The molecular weight excluding hydrogens is 288 g/mol. The fourth-order valence-electron chi connectivity index (χ4n) is 1.88. The molecule has 1 heterocycles. The van der Waals surface area contributed by atoms with E-state index in [9.17, 15) is 10.1 Å². The van der Waals surface area contributed by atoms with Crippen molar-refractivity contribution in [2.75, 3.05) is 18.4 Å². The van der Waals surface area contributed by atoms with Crippen LogP contribution >= 0.6 is 23.8 Å². The minimum absolute atomic E-state index is 0.0512. The summed E-state index contributed by atoms with van der Waals surface area (Å²) in [6, 6.07) is 4.35. The van der Waals surface area contributed by atoms with Crippen LogP contribution in [0.5, 0.6) is 0 Å². The number of nitrogens with one attached hydrogen (secondary N) is 1. The van der Waals surface area contributed by atoms with Crippen LogP contribution in [0.4, 0.5) is 11.4 Å². The second kappa shape index (κ2) is 5.68. The van der Waals surface area contributed by atoms with Crippen LogP contribution in [0.15, 0.2) is 18.2 Å². The molecule has 8 heteroatoms. The first-order chi connectivity index (χ1) is 8.97. The van der Waals surface area contributed by atoms with Gasteiger partial charge >= 0.3 is 0 Å². The van der Waals surface area contributed by atoms with E-state index in [1.54, 1.807) is 6.07 Å². The molecule has 1 aliphatic rings. The van der Waals surface area contributed by atoms with Gasteiger partial charge in [0.05, 0.1) is 15.6 Å². The molecular formula is C11H13ClN4O2S. The van der Waals surface area contributed by atoms with Crippen molar-refractivity contribution in [2.45, 2.75) is 12.5 Å². The monoisotopic (exact) mass is 300 g/mol. The number of benzene rings is 1. The number of rotatable bonds is 2. The van der Waals surface area contributed by atoms with E-state index in [2.05, 4.69) is 5.32 Å². The van der Waals surface area contributed by atoms with Crippen LogP contribution in [0.25, 0.3) is 0 Å². The zero-order valence-corrected chi connectivity index (χ0v) is 11.6. The Kier molecular flexibility index (Phi) is 4.18. The van der Waals surface area contributed by atoms with Crippen molar-refractivity contribution in [3.05, 3.63) is 33.3 Å². The first kappa shape index (κ1) is 14.0. The quantitative estimate of drug-likeness (QED) is 0.493. The number of non-ortho nitro benzene ring substituents is 1. The Morgan fingerprint density at radius 1 is 1.63 bits per heavy atom. The molecule has 2 rings (SSSR count). The van der Waals surface area contributed by atoms with Crippen LogP contribution in [0, 0.1) is 10.1 Å². The number of nitrogens with zero attached hydrogens (tertiary/aromatic N) is 2. The molecule has 1 aromatic rings. The van der Waals surface area contributed by atoms with E-state index in [0.717, 1.165) is 13.0 Å². The zero-order valence-electron chi connectivity index (χ0n) is 10.0. The molecule has 3 N–H and O–H groups in total. The molecule has 1 saturated heterocycles. The van der Waals surface area contributed by atoms with Crippen LogP contribution in [0.3, 0.4) is 0 Å². The zero-order chi connectivity index (χ0) is 14.0. The molecule has 0 saturated carbocycles. The maximum Gasteiger partial charge on any atom is 0.271 e. The van der Waals surface area contributed by atoms with Crippen LogP contribution in [0.1, 0.15) is 6.42 Å². The van der Waals surface area contributed by atoms with Crippen molar-refractivity contribution in [1.82, 2.24) is 4.90 Å². The average Bonchev–Trinajstić information content (AvgIpc) is 2.78. The summed E-state index contributed by atoms with van der Waals surface area (Å²) in [5, 5.41) is 14.4. The van der Waals surface area contributed by atoms with Gasteiger partial charge in [-0.1, -0.05) is 11.6 Å². The smallest absolute Gasteiger partial charge is 0.271 e. The van der Waals surface area contributed by atoms with E-state index in [4.69, 9.17) is 29.6 Å². The predicted molar refractivity (Wildman–Crippen MR) is 78.5 cm³/mol. The second-order valence-corrected chi connectivity index (χ2v) is 5.14. The maximum atomic E-state index is 10.6. The Balaban J connectivity index is 2.07. The van der Waals surface area contributed by atoms with Gasteiger partial charge in [-0.15, -0.1) is 0 Å². The van der Waals surface area contributed by atoms with Gasteiger partial charge in [0.25, 0.3) is 5.69 Å². The van der Waals surface area contributed by atoms with E-state index in [-0.39, 0.29) is 16.8 Å². The molecule has 0 aromatic heterocycles. The maximum absolute atomic E-state index is 10.6. The normalized spacial score (nSPS) is 18.4. The lowest BCUT2D eigenvalue weighted by molar-refractivity contribution is -0.384. The molecule has 0 bridgehead atoms. The van der Waals surface area contributed by atoms with Crippen molar-refractivity contribution in [1.29, 1.82) is 0 Å². The fraction of sp³-hybridized carbons (Fsp3) is 0.364. The topological polar surface area (TPSA) is 84.4 Å². The molecule has 6 nitrogen and oxygen atoms in total. The van der Waals surface area contributed by atoms with Gasteiger partial charge in [-0.05, 0) is 24.7 Å². The molecule has 19 heavy (non-hydrogen) atoms. The highest BCUT2D eigenvalue weighted by atomic mass is 35.5. The summed E-state index contributed by atoms with van der Waals surface area (Å²) in [7, 11) is 0. The SMILES string of the molecule is NC1CCN(C(=S)Nc2ccc([N+](=O)[O-])cc2Cl)C1. The summed E-state index contributed by atoms with van der Waals surface area (Å²) in [5.74, 6) is 0. The van der Waals surface area contributed by atoms with Crippen LogP contribution < -0.4 is 11.1 Å². The summed E-state index contributed by atoms with van der Waals surface area (Å²) in [6.07, 6.45) is 0.899. The van der Waals surface area contributed by atoms with Crippen molar-refractivity contribution in [2.24, 2.45) is 5.73 Å².